The van der Waals surface area contributed by atoms with Gasteiger partial charge in [0, 0.05) is 44.0 Å². The normalized spacial score (nSPS) is 15.6. The summed E-state index contributed by atoms with van der Waals surface area (Å²) >= 11 is 0. The van der Waals surface area contributed by atoms with Crippen molar-refractivity contribution < 1.29 is 0 Å². The van der Waals surface area contributed by atoms with Crippen LogP contribution in [-0.2, 0) is 0 Å². The number of benzene rings is 1. The molecule has 1 aliphatic rings. The first-order valence-corrected chi connectivity index (χ1v) is 9.50. The van der Waals surface area contributed by atoms with E-state index < -0.39 is 0 Å². The average Bonchev–Trinajstić information content (AvgIpc) is 3.07. The molecule has 0 radical (unpaired) electrons. The van der Waals surface area contributed by atoms with Crippen LogP contribution in [-0.4, -0.2) is 57.5 Å². The molecule has 3 aromatic heterocycles. The summed E-state index contributed by atoms with van der Waals surface area (Å²) in [4.78, 5) is 29.8. The number of likely N-dealkylation sites (N-methyl/N-ethyl adjacent to an activating group) is 1. The molecule has 4 heterocycles. The van der Waals surface area contributed by atoms with E-state index in [4.69, 9.17) is 4.98 Å². The van der Waals surface area contributed by atoms with Crippen LogP contribution < -0.4 is 10.5 Å². The Morgan fingerprint density at radius 1 is 1.00 bits per heavy atom. The van der Waals surface area contributed by atoms with Crippen molar-refractivity contribution in [2.24, 2.45) is 0 Å². The molecule has 1 fully saturated rings. The Hall–Kier alpha value is -3.19. The highest BCUT2D eigenvalue weighted by Crippen LogP contribution is 2.22. The Bertz CT molecular complexity index is 1230. The Balaban J connectivity index is 1.54. The summed E-state index contributed by atoms with van der Waals surface area (Å²) in [5.74, 6) is 0.870. The highest BCUT2D eigenvalue weighted by atomic mass is 16.1. The van der Waals surface area contributed by atoms with Gasteiger partial charge in [-0.1, -0.05) is 6.07 Å². The van der Waals surface area contributed by atoms with Crippen LogP contribution in [0.4, 0.5) is 5.69 Å². The summed E-state index contributed by atoms with van der Waals surface area (Å²) in [7, 11) is 2.13. The lowest BCUT2D eigenvalue weighted by atomic mass is 10.1. The maximum atomic E-state index is 12.8. The lowest BCUT2D eigenvalue weighted by Gasteiger charge is -2.34. The van der Waals surface area contributed by atoms with Crippen LogP contribution in [0.15, 0.2) is 47.4 Å². The molecule has 1 aromatic carbocycles. The zero-order valence-corrected chi connectivity index (χ0v) is 16.0. The van der Waals surface area contributed by atoms with Gasteiger partial charge in [0.1, 0.15) is 11.5 Å². The molecule has 142 valence electrons. The summed E-state index contributed by atoms with van der Waals surface area (Å²) in [5.41, 5.74) is 5.08. The molecule has 1 aliphatic heterocycles. The number of nitrogens with one attached hydrogen (secondary N) is 1. The van der Waals surface area contributed by atoms with Gasteiger partial charge in [0.25, 0.3) is 5.56 Å². The molecule has 0 aliphatic carbocycles. The van der Waals surface area contributed by atoms with Gasteiger partial charge in [0.05, 0.1) is 22.4 Å². The van der Waals surface area contributed by atoms with Crippen LogP contribution in [0.2, 0.25) is 0 Å². The van der Waals surface area contributed by atoms with Gasteiger partial charge in [-0.2, -0.15) is 0 Å². The smallest absolute Gasteiger partial charge is 0.258 e. The van der Waals surface area contributed by atoms with E-state index in [2.05, 4.69) is 32.9 Å². The summed E-state index contributed by atoms with van der Waals surface area (Å²) < 4.78 is 1.63. The van der Waals surface area contributed by atoms with Crippen LogP contribution in [0.5, 0.6) is 0 Å². The van der Waals surface area contributed by atoms with E-state index in [1.165, 1.54) is 0 Å². The number of aryl methyl sites for hydroxylation is 1. The SMILES string of the molecule is Cc1nc2ccc(-c3cc(=O)n4cc(N5CCN(C)CC5)ccc4n3)cc2[nH]1. The van der Waals surface area contributed by atoms with Crippen LogP contribution in [0.1, 0.15) is 5.82 Å². The van der Waals surface area contributed by atoms with E-state index in [-0.39, 0.29) is 5.56 Å². The second-order valence-corrected chi connectivity index (χ2v) is 7.44. The van der Waals surface area contributed by atoms with E-state index in [9.17, 15) is 4.79 Å². The van der Waals surface area contributed by atoms with Gasteiger partial charge in [0.2, 0.25) is 0 Å². The van der Waals surface area contributed by atoms with Crippen LogP contribution in [0.3, 0.4) is 0 Å². The van der Waals surface area contributed by atoms with Gasteiger partial charge < -0.3 is 14.8 Å². The molecule has 5 rings (SSSR count). The second kappa shape index (κ2) is 6.45. The zero-order valence-electron chi connectivity index (χ0n) is 16.0. The topological polar surface area (TPSA) is 69.5 Å². The van der Waals surface area contributed by atoms with Crippen molar-refractivity contribution in [3.05, 3.63) is 58.8 Å². The third-order valence-electron chi connectivity index (χ3n) is 5.41. The minimum atomic E-state index is -0.0723. The number of pyridine rings is 1. The summed E-state index contributed by atoms with van der Waals surface area (Å²) in [5, 5.41) is 0. The number of piperazine rings is 1. The van der Waals surface area contributed by atoms with Gasteiger partial charge >= 0.3 is 0 Å². The maximum Gasteiger partial charge on any atom is 0.258 e. The first-order valence-electron chi connectivity index (χ1n) is 9.50. The number of H-pyrrole nitrogens is 1. The molecule has 0 atom stereocenters. The third-order valence-corrected chi connectivity index (χ3v) is 5.41. The first-order chi connectivity index (χ1) is 13.6. The molecule has 7 nitrogen and oxygen atoms in total. The molecule has 0 spiro atoms. The van der Waals surface area contributed by atoms with Gasteiger partial charge in [-0.05, 0) is 38.2 Å². The number of hydrogen-bond donors (Lipinski definition) is 1. The molecule has 4 aromatic rings. The first kappa shape index (κ1) is 16.9. The van der Waals surface area contributed by atoms with E-state index >= 15 is 0 Å². The van der Waals surface area contributed by atoms with E-state index in [0.717, 1.165) is 54.3 Å². The van der Waals surface area contributed by atoms with Crippen molar-refractivity contribution in [3.63, 3.8) is 0 Å². The quantitative estimate of drug-likeness (QED) is 0.583. The fourth-order valence-corrected chi connectivity index (χ4v) is 3.79. The molecule has 7 heteroatoms. The van der Waals surface area contributed by atoms with Gasteiger partial charge in [0.15, 0.2) is 0 Å². The standard InChI is InChI=1S/C21H22N6O/c1-14-22-17-5-3-15(11-19(17)23-14)18-12-21(28)27-13-16(4-6-20(27)24-18)26-9-7-25(2)8-10-26/h3-6,11-13H,7-10H2,1-2H3,(H,22,23). The number of nitrogens with zero attached hydrogens (tertiary/aromatic N) is 5. The number of hydrogen-bond acceptors (Lipinski definition) is 5. The maximum absolute atomic E-state index is 12.8. The Morgan fingerprint density at radius 2 is 1.82 bits per heavy atom. The third kappa shape index (κ3) is 2.93. The van der Waals surface area contributed by atoms with Crippen molar-refractivity contribution in [1.29, 1.82) is 0 Å². The predicted molar refractivity (Wildman–Crippen MR) is 111 cm³/mol. The predicted octanol–water partition coefficient (Wildman–Crippen LogP) is 2.30. The molecule has 0 unspecified atom stereocenters. The zero-order chi connectivity index (χ0) is 19.3. The molecule has 0 bridgehead atoms. The minimum Gasteiger partial charge on any atom is -0.368 e. The van der Waals surface area contributed by atoms with Crippen LogP contribution >= 0.6 is 0 Å². The molecule has 0 amide bonds. The van der Waals surface area contributed by atoms with Crippen molar-refractivity contribution in [1.82, 2.24) is 24.3 Å². The second-order valence-electron chi connectivity index (χ2n) is 7.44. The van der Waals surface area contributed by atoms with Gasteiger partial charge in [-0.15, -0.1) is 0 Å². The monoisotopic (exact) mass is 374 g/mol. The van der Waals surface area contributed by atoms with Crippen LogP contribution in [0.25, 0.3) is 27.9 Å². The van der Waals surface area contributed by atoms with Crippen molar-refractivity contribution in [3.8, 4) is 11.3 Å². The number of aromatic amines is 1. The van der Waals surface area contributed by atoms with Crippen molar-refractivity contribution in [2.45, 2.75) is 6.92 Å². The van der Waals surface area contributed by atoms with E-state index in [0.29, 0.717) is 11.3 Å². The lowest BCUT2D eigenvalue weighted by Crippen LogP contribution is -2.44. The van der Waals surface area contributed by atoms with Gasteiger partial charge in [-0.3, -0.25) is 9.20 Å². The van der Waals surface area contributed by atoms with E-state index in [1.807, 2.05) is 37.4 Å². The Morgan fingerprint density at radius 3 is 2.64 bits per heavy atom. The largest absolute Gasteiger partial charge is 0.368 e. The number of aromatic nitrogens is 4. The summed E-state index contributed by atoms with van der Waals surface area (Å²) in [6, 6.07) is 11.5. The lowest BCUT2D eigenvalue weighted by molar-refractivity contribution is 0.313. The number of fused-ring (bicyclic) bond motifs is 2. The van der Waals surface area contributed by atoms with E-state index in [1.54, 1.807) is 10.5 Å². The highest BCUT2D eigenvalue weighted by Gasteiger charge is 2.15. The van der Waals surface area contributed by atoms with Crippen molar-refractivity contribution >= 4 is 22.4 Å². The average molecular weight is 374 g/mol. The molecule has 0 saturated carbocycles. The highest BCUT2D eigenvalue weighted by molar-refractivity contribution is 5.81. The van der Waals surface area contributed by atoms with Crippen LogP contribution in [0, 0.1) is 6.92 Å². The number of imidazole rings is 1. The number of anilines is 1. The molecule has 1 N–H and O–H groups in total. The molecular formula is C21H22N6O. The summed E-state index contributed by atoms with van der Waals surface area (Å²) in [6.07, 6.45) is 1.90. The Labute approximate surface area is 162 Å². The summed E-state index contributed by atoms with van der Waals surface area (Å²) in [6.45, 7) is 5.91. The number of rotatable bonds is 2. The Kier molecular flexibility index (Phi) is 3.91. The fraction of sp³-hybridized carbons (Fsp3) is 0.286. The van der Waals surface area contributed by atoms with Crippen molar-refractivity contribution in [2.75, 3.05) is 38.1 Å². The molecule has 28 heavy (non-hydrogen) atoms. The minimum absolute atomic E-state index is 0.0723. The molecule has 1 saturated heterocycles. The fourth-order valence-electron chi connectivity index (χ4n) is 3.79. The van der Waals surface area contributed by atoms with Gasteiger partial charge in [-0.25, -0.2) is 9.97 Å². The molecular weight excluding hydrogens is 352 g/mol.